The molecule has 0 saturated carbocycles. The second-order valence-electron chi connectivity index (χ2n) is 10.1. The number of nitrogens with one attached hydrogen (secondary N) is 1. The van der Waals surface area contributed by atoms with Gasteiger partial charge in [0.25, 0.3) is 10.0 Å². The zero-order chi connectivity index (χ0) is 32.1. The van der Waals surface area contributed by atoms with E-state index in [1.54, 1.807) is 13.8 Å². The van der Waals surface area contributed by atoms with Gasteiger partial charge in [-0.1, -0.05) is 54.4 Å². The van der Waals surface area contributed by atoms with Gasteiger partial charge in [-0.05, 0) is 63.6 Å². The van der Waals surface area contributed by atoms with Crippen LogP contribution in [-0.4, -0.2) is 43.8 Å². The average Bonchev–Trinajstić information content (AvgIpc) is 2.94. The van der Waals surface area contributed by atoms with E-state index in [9.17, 15) is 35.6 Å². The topological polar surface area (TPSA) is 86.8 Å². The summed E-state index contributed by atoms with van der Waals surface area (Å²) in [7, 11) is -4.62. The standard InChI is InChI=1S/C30H32ClF4N3O4S/c1-5-20(3)36-29(40)21(4)37(17-22-8-6-7-9-27(22)32)28(39)18-38(43(41,42)24-13-10-19(2)11-14-24)23-12-15-26(31)25(16-23)30(33,34)35/h6-16,20-21H,5,17-18H2,1-4H3,(H,36,40)/t20-,21+/m0/s1. The van der Waals surface area contributed by atoms with Gasteiger partial charge in [0.05, 0.1) is 21.2 Å². The van der Waals surface area contributed by atoms with Gasteiger partial charge in [0, 0.05) is 18.2 Å². The number of aryl methyl sites for hydroxylation is 1. The number of anilines is 1. The van der Waals surface area contributed by atoms with Gasteiger partial charge in [-0.25, -0.2) is 12.8 Å². The van der Waals surface area contributed by atoms with E-state index in [-0.39, 0.29) is 16.5 Å². The third kappa shape index (κ3) is 8.26. The number of halogens is 5. The van der Waals surface area contributed by atoms with Gasteiger partial charge in [0.1, 0.15) is 18.4 Å². The quantitative estimate of drug-likeness (QED) is 0.248. The maximum Gasteiger partial charge on any atom is 0.417 e. The molecule has 3 aromatic carbocycles. The van der Waals surface area contributed by atoms with Crippen molar-refractivity contribution in [3.8, 4) is 0 Å². The van der Waals surface area contributed by atoms with Gasteiger partial charge < -0.3 is 10.2 Å². The lowest BCUT2D eigenvalue weighted by atomic mass is 10.1. The number of rotatable bonds is 11. The maximum absolute atomic E-state index is 14.6. The third-order valence-corrected chi connectivity index (χ3v) is 9.02. The van der Waals surface area contributed by atoms with Gasteiger partial charge in [-0.15, -0.1) is 0 Å². The summed E-state index contributed by atoms with van der Waals surface area (Å²) >= 11 is 5.78. The molecule has 43 heavy (non-hydrogen) atoms. The number of amides is 2. The minimum Gasteiger partial charge on any atom is -0.352 e. The molecule has 3 aromatic rings. The molecule has 0 aliphatic rings. The largest absolute Gasteiger partial charge is 0.417 e. The van der Waals surface area contributed by atoms with Gasteiger partial charge in [-0.3, -0.25) is 13.9 Å². The summed E-state index contributed by atoms with van der Waals surface area (Å²) < 4.78 is 84.1. The molecule has 0 aliphatic carbocycles. The van der Waals surface area contributed by atoms with Crippen molar-refractivity contribution >= 4 is 39.1 Å². The van der Waals surface area contributed by atoms with E-state index in [4.69, 9.17) is 11.6 Å². The Balaban J connectivity index is 2.13. The molecule has 0 spiro atoms. The highest BCUT2D eigenvalue weighted by Crippen LogP contribution is 2.38. The van der Waals surface area contributed by atoms with E-state index >= 15 is 0 Å². The number of alkyl halides is 3. The molecule has 0 fully saturated rings. The molecule has 0 heterocycles. The zero-order valence-corrected chi connectivity index (χ0v) is 25.5. The zero-order valence-electron chi connectivity index (χ0n) is 24.0. The van der Waals surface area contributed by atoms with Crippen molar-refractivity contribution in [1.29, 1.82) is 0 Å². The molecule has 0 aromatic heterocycles. The van der Waals surface area contributed by atoms with Gasteiger partial charge >= 0.3 is 6.18 Å². The fourth-order valence-electron chi connectivity index (χ4n) is 4.11. The van der Waals surface area contributed by atoms with Crippen LogP contribution in [0.2, 0.25) is 5.02 Å². The SMILES string of the molecule is CC[C@H](C)NC(=O)[C@@H](C)N(Cc1ccccc1F)C(=O)CN(c1ccc(Cl)c(C(F)(F)F)c1)S(=O)(=O)c1ccc(C)cc1. The minimum atomic E-state index is -4.92. The Hall–Kier alpha value is -3.64. The first-order valence-electron chi connectivity index (χ1n) is 13.4. The van der Waals surface area contributed by atoms with Crippen molar-refractivity contribution in [1.82, 2.24) is 10.2 Å². The van der Waals surface area contributed by atoms with Crippen molar-refractivity contribution in [3.05, 3.63) is 94.3 Å². The predicted octanol–water partition coefficient (Wildman–Crippen LogP) is 6.33. The average molecular weight is 642 g/mol. The van der Waals surface area contributed by atoms with Crippen molar-refractivity contribution in [2.75, 3.05) is 10.8 Å². The lowest BCUT2D eigenvalue weighted by molar-refractivity contribution is -0.139. The van der Waals surface area contributed by atoms with E-state index in [0.717, 1.165) is 22.6 Å². The molecule has 0 saturated heterocycles. The van der Waals surface area contributed by atoms with Crippen LogP contribution in [-0.2, 0) is 32.3 Å². The smallest absolute Gasteiger partial charge is 0.352 e. The highest BCUT2D eigenvalue weighted by atomic mass is 35.5. The van der Waals surface area contributed by atoms with E-state index in [1.165, 1.54) is 55.5 Å². The van der Waals surface area contributed by atoms with Crippen LogP contribution < -0.4 is 9.62 Å². The third-order valence-electron chi connectivity index (χ3n) is 6.90. The Morgan fingerprint density at radius 2 is 1.63 bits per heavy atom. The molecule has 0 radical (unpaired) electrons. The molecule has 0 unspecified atom stereocenters. The number of nitrogens with zero attached hydrogens (tertiary/aromatic N) is 2. The predicted molar refractivity (Wildman–Crippen MR) is 156 cm³/mol. The normalized spacial score (nSPS) is 13.2. The lowest BCUT2D eigenvalue weighted by Gasteiger charge is -2.32. The number of hydrogen-bond acceptors (Lipinski definition) is 4. The summed E-state index contributed by atoms with van der Waals surface area (Å²) in [6, 6.07) is 12.1. The molecular weight excluding hydrogens is 610 g/mol. The number of sulfonamides is 1. The Bertz CT molecular complexity index is 1570. The van der Waals surface area contributed by atoms with Crippen molar-refractivity contribution in [3.63, 3.8) is 0 Å². The Morgan fingerprint density at radius 1 is 1.00 bits per heavy atom. The van der Waals surface area contributed by atoms with E-state index in [1.807, 2.05) is 6.92 Å². The molecule has 7 nitrogen and oxygen atoms in total. The van der Waals surface area contributed by atoms with E-state index in [0.29, 0.717) is 16.8 Å². The number of benzene rings is 3. The molecule has 0 aliphatic heterocycles. The summed E-state index contributed by atoms with van der Waals surface area (Å²) in [5.41, 5.74) is -0.997. The summed E-state index contributed by atoms with van der Waals surface area (Å²) in [4.78, 5) is 27.7. The monoisotopic (exact) mass is 641 g/mol. The molecule has 1 N–H and O–H groups in total. The van der Waals surface area contributed by atoms with Gasteiger partial charge in [0.2, 0.25) is 11.8 Å². The molecule has 232 valence electrons. The summed E-state index contributed by atoms with van der Waals surface area (Å²) in [5.74, 6) is -2.18. The number of hydrogen-bond donors (Lipinski definition) is 1. The van der Waals surface area contributed by atoms with Crippen LogP contribution in [0.25, 0.3) is 0 Å². The Kier molecular flexibility index (Phi) is 10.8. The summed E-state index contributed by atoms with van der Waals surface area (Å²) in [6.07, 6.45) is -4.34. The molecule has 2 atom stereocenters. The fraction of sp³-hybridized carbons (Fsp3) is 0.333. The van der Waals surface area contributed by atoms with Gasteiger partial charge in [0.15, 0.2) is 0 Å². The van der Waals surface area contributed by atoms with Crippen LogP contribution in [0.5, 0.6) is 0 Å². The first kappa shape index (κ1) is 33.9. The lowest BCUT2D eigenvalue weighted by Crippen LogP contribution is -2.52. The molecule has 13 heteroatoms. The second-order valence-corrected chi connectivity index (χ2v) is 12.4. The molecule has 0 bridgehead atoms. The van der Waals surface area contributed by atoms with Crippen LogP contribution in [0, 0.1) is 12.7 Å². The highest BCUT2D eigenvalue weighted by molar-refractivity contribution is 7.92. The van der Waals surface area contributed by atoms with E-state index < -0.39 is 69.2 Å². The second kappa shape index (κ2) is 13.8. The number of carbonyl (C=O) groups is 2. The first-order chi connectivity index (χ1) is 20.1. The van der Waals surface area contributed by atoms with Crippen molar-refractivity contribution in [2.45, 2.75) is 63.8 Å². The molecule has 2 amide bonds. The van der Waals surface area contributed by atoms with Crippen LogP contribution in [0.3, 0.4) is 0 Å². The van der Waals surface area contributed by atoms with Crippen LogP contribution in [0.4, 0.5) is 23.2 Å². The summed E-state index contributed by atoms with van der Waals surface area (Å²) in [5, 5.41) is 2.08. The Labute approximate surface area is 253 Å². The van der Waals surface area contributed by atoms with Gasteiger partial charge in [-0.2, -0.15) is 13.2 Å². The van der Waals surface area contributed by atoms with Crippen LogP contribution in [0.1, 0.15) is 43.9 Å². The first-order valence-corrected chi connectivity index (χ1v) is 15.2. The maximum atomic E-state index is 14.6. The van der Waals surface area contributed by atoms with Crippen LogP contribution in [0.15, 0.2) is 71.6 Å². The van der Waals surface area contributed by atoms with Crippen LogP contribution >= 0.6 is 11.6 Å². The Morgan fingerprint density at radius 3 is 2.21 bits per heavy atom. The van der Waals surface area contributed by atoms with Crippen molar-refractivity contribution in [2.24, 2.45) is 0 Å². The fourth-order valence-corrected chi connectivity index (χ4v) is 5.74. The minimum absolute atomic E-state index is 0.0535. The molecular formula is C30H32ClF4N3O4S. The summed E-state index contributed by atoms with van der Waals surface area (Å²) in [6.45, 7) is 5.31. The highest BCUT2D eigenvalue weighted by Gasteiger charge is 2.37. The van der Waals surface area contributed by atoms with E-state index in [2.05, 4.69) is 5.32 Å². The molecule has 3 rings (SSSR count). The van der Waals surface area contributed by atoms with Crippen molar-refractivity contribution < 1.29 is 35.6 Å². The number of carbonyl (C=O) groups excluding carboxylic acids is 2.